The Morgan fingerprint density at radius 2 is 2.15 bits per heavy atom. The summed E-state index contributed by atoms with van der Waals surface area (Å²) >= 11 is 0. The fraction of sp³-hybridized carbons (Fsp3) is 0.333. The van der Waals surface area contributed by atoms with E-state index in [9.17, 15) is 23.5 Å². The van der Waals surface area contributed by atoms with Crippen LogP contribution in [0.5, 0.6) is 5.75 Å². The standard InChI is InChI=1S/C18H18F2N2O4/c1-2-11-15(21-17(24)14(16(11)23)18(25)26)12-4-3-10(7-13(12)20)22-6-5-9(19)8-22/h3-4,7,9H,2,5-6,8H2,1H3,(H,25,26)(H2,21,23,24). The fourth-order valence-corrected chi connectivity index (χ4v) is 3.26. The predicted molar refractivity (Wildman–Crippen MR) is 92.2 cm³/mol. The van der Waals surface area contributed by atoms with Gasteiger partial charge in [-0.25, -0.2) is 13.6 Å². The molecule has 1 aliphatic rings. The van der Waals surface area contributed by atoms with Crippen LogP contribution in [0.1, 0.15) is 29.3 Å². The van der Waals surface area contributed by atoms with Crippen LogP contribution in [0, 0.1) is 5.82 Å². The van der Waals surface area contributed by atoms with E-state index in [1.54, 1.807) is 17.9 Å². The van der Waals surface area contributed by atoms with Crippen LogP contribution >= 0.6 is 0 Å². The highest BCUT2D eigenvalue weighted by atomic mass is 19.1. The number of aromatic amines is 1. The number of pyridine rings is 1. The summed E-state index contributed by atoms with van der Waals surface area (Å²) in [6.45, 7) is 2.34. The Morgan fingerprint density at radius 3 is 2.69 bits per heavy atom. The van der Waals surface area contributed by atoms with Gasteiger partial charge in [0.05, 0.1) is 5.69 Å². The number of aromatic nitrogens is 1. The number of aromatic hydroxyl groups is 1. The van der Waals surface area contributed by atoms with Gasteiger partial charge in [-0.2, -0.15) is 0 Å². The van der Waals surface area contributed by atoms with Gasteiger partial charge in [0.2, 0.25) is 0 Å². The number of alkyl halides is 1. The molecule has 0 spiro atoms. The van der Waals surface area contributed by atoms with Crippen molar-refractivity contribution in [1.82, 2.24) is 4.98 Å². The van der Waals surface area contributed by atoms with Gasteiger partial charge in [0.1, 0.15) is 17.7 Å². The lowest BCUT2D eigenvalue weighted by Crippen LogP contribution is -2.21. The number of halogens is 2. The van der Waals surface area contributed by atoms with E-state index in [0.29, 0.717) is 18.7 Å². The van der Waals surface area contributed by atoms with E-state index in [1.165, 1.54) is 12.1 Å². The molecule has 2 aromatic rings. The number of carbonyl (C=O) groups is 1. The second kappa shape index (κ2) is 6.78. The largest absolute Gasteiger partial charge is 0.506 e. The van der Waals surface area contributed by atoms with Gasteiger partial charge in [0.15, 0.2) is 5.56 Å². The number of carboxylic acid groups (broad SMARTS) is 1. The summed E-state index contributed by atoms with van der Waals surface area (Å²) in [5.74, 6) is -2.88. The quantitative estimate of drug-likeness (QED) is 0.776. The Balaban J connectivity index is 2.09. The maximum atomic E-state index is 14.7. The molecule has 1 aliphatic heterocycles. The number of nitrogens with one attached hydrogen (secondary N) is 1. The molecule has 0 saturated carbocycles. The van der Waals surface area contributed by atoms with E-state index in [4.69, 9.17) is 5.11 Å². The molecule has 138 valence electrons. The van der Waals surface area contributed by atoms with Crippen molar-refractivity contribution in [3.8, 4) is 17.0 Å². The summed E-state index contributed by atoms with van der Waals surface area (Å²) < 4.78 is 28.0. The summed E-state index contributed by atoms with van der Waals surface area (Å²) in [5, 5.41) is 19.2. The lowest BCUT2D eigenvalue weighted by molar-refractivity contribution is 0.0691. The highest BCUT2D eigenvalue weighted by molar-refractivity contribution is 5.92. The zero-order valence-electron chi connectivity index (χ0n) is 14.1. The number of anilines is 1. The Bertz CT molecular complexity index is 926. The van der Waals surface area contributed by atoms with Gasteiger partial charge < -0.3 is 20.1 Å². The molecule has 1 fully saturated rings. The van der Waals surface area contributed by atoms with Crippen LogP contribution < -0.4 is 10.5 Å². The van der Waals surface area contributed by atoms with Crippen molar-refractivity contribution in [2.45, 2.75) is 25.9 Å². The third-order valence-electron chi connectivity index (χ3n) is 4.58. The van der Waals surface area contributed by atoms with Gasteiger partial charge in [0, 0.05) is 29.9 Å². The zero-order valence-corrected chi connectivity index (χ0v) is 14.1. The number of aromatic carboxylic acids is 1. The van der Waals surface area contributed by atoms with Crippen molar-refractivity contribution in [3.05, 3.63) is 45.5 Å². The molecular formula is C18H18F2N2O4. The van der Waals surface area contributed by atoms with Crippen LogP contribution in [0.15, 0.2) is 23.0 Å². The monoisotopic (exact) mass is 364 g/mol. The first kappa shape index (κ1) is 17.9. The van der Waals surface area contributed by atoms with Gasteiger partial charge >= 0.3 is 5.97 Å². The van der Waals surface area contributed by atoms with E-state index >= 15 is 0 Å². The minimum Gasteiger partial charge on any atom is -0.506 e. The van der Waals surface area contributed by atoms with Crippen molar-refractivity contribution in [2.75, 3.05) is 18.0 Å². The topological polar surface area (TPSA) is 93.6 Å². The average Bonchev–Trinajstić information content (AvgIpc) is 3.00. The molecule has 1 aromatic carbocycles. The molecule has 0 radical (unpaired) electrons. The minimum atomic E-state index is -1.56. The molecule has 0 bridgehead atoms. The molecular weight excluding hydrogens is 346 g/mol. The van der Waals surface area contributed by atoms with Crippen LogP contribution in [0.3, 0.4) is 0 Å². The molecule has 1 atom stereocenters. The first-order valence-corrected chi connectivity index (χ1v) is 8.23. The van der Waals surface area contributed by atoms with Crippen molar-refractivity contribution < 1.29 is 23.8 Å². The third-order valence-corrected chi connectivity index (χ3v) is 4.58. The summed E-state index contributed by atoms with van der Waals surface area (Å²) in [5.41, 5.74) is -1.05. The summed E-state index contributed by atoms with van der Waals surface area (Å²) in [6, 6.07) is 4.28. The van der Waals surface area contributed by atoms with Crippen molar-refractivity contribution >= 4 is 11.7 Å². The molecule has 6 nitrogen and oxygen atoms in total. The van der Waals surface area contributed by atoms with Crippen LogP contribution in [0.2, 0.25) is 0 Å². The van der Waals surface area contributed by atoms with Crippen LogP contribution in [-0.2, 0) is 6.42 Å². The van der Waals surface area contributed by atoms with E-state index in [-0.39, 0.29) is 29.8 Å². The normalized spacial score (nSPS) is 16.9. The minimum absolute atomic E-state index is 0.0333. The summed E-state index contributed by atoms with van der Waals surface area (Å²) in [6.07, 6.45) is -0.364. The van der Waals surface area contributed by atoms with Crippen LogP contribution in [-0.4, -0.2) is 40.4 Å². The summed E-state index contributed by atoms with van der Waals surface area (Å²) in [4.78, 5) is 27.2. The SMILES string of the molecule is CCc1c(-c2ccc(N3CCC(F)C3)cc2F)[nH]c(=O)c(C(=O)O)c1O. The zero-order chi connectivity index (χ0) is 19.0. The maximum absolute atomic E-state index is 14.7. The van der Waals surface area contributed by atoms with Crippen molar-refractivity contribution in [3.63, 3.8) is 0 Å². The van der Waals surface area contributed by atoms with Crippen molar-refractivity contribution in [2.24, 2.45) is 0 Å². The fourth-order valence-electron chi connectivity index (χ4n) is 3.26. The first-order valence-electron chi connectivity index (χ1n) is 8.23. The smallest absolute Gasteiger partial charge is 0.345 e. The molecule has 8 heteroatoms. The molecule has 1 saturated heterocycles. The van der Waals surface area contributed by atoms with Gasteiger partial charge in [-0.1, -0.05) is 6.92 Å². The summed E-state index contributed by atoms with van der Waals surface area (Å²) in [7, 11) is 0. The van der Waals surface area contributed by atoms with Crippen LogP contribution in [0.25, 0.3) is 11.3 Å². The second-order valence-corrected chi connectivity index (χ2v) is 6.19. The third kappa shape index (κ3) is 3.02. The van der Waals surface area contributed by atoms with Gasteiger partial charge in [0.25, 0.3) is 5.56 Å². The van der Waals surface area contributed by atoms with Crippen LogP contribution in [0.4, 0.5) is 14.5 Å². The highest BCUT2D eigenvalue weighted by Gasteiger charge is 2.25. The number of H-pyrrole nitrogens is 1. The number of carboxylic acids is 1. The van der Waals surface area contributed by atoms with E-state index in [1.807, 2.05) is 0 Å². The maximum Gasteiger partial charge on any atom is 0.345 e. The lowest BCUT2D eigenvalue weighted by Gasteiger charge is -2.19. The molecule has 26 heavy (non-hydrogen) atoms. The molecule has 3 rings (SSSR count). The van der Waals surface area contributed by atoms with Gasteiger partial charge in [-0.3, -0.25) is 4.79 Å². The lowest BCUT2D eigenvalue weighted by atomic mass is 10.00. The Morgan fingerprint density at radius 1 is 1.42 bits per heavy atom. The van der Waals surface area contributed by atoms with Gasteiger partial charge in [-0.05, 0) is 31.0 Å². The predicted octanol–water partition coefficient (Wildman–Crippen LogP) is 2.70. The molecule has 0 aliphatic carbocycles. The van der Waals surface area contributed by atoms with Gasteiger partial charge in [-0.15, -0.1) is 0 Å². The van der Waals surface area contributed by atoms with E-state index in [0.717, 1.165) is 0 Å². The second-order valence-electron chi connectivity index (χ2n) is 6.19. The Kier molecular flexibility index (Phi) is 4.67. The average molecular weight is 364 g/mol. The van der Waals surface area contributed by atoms with Crippen molar-refractivity contribution in [1.29, 1.82) is 0 Å². The number of benzene rings is 1. The Labute approximate surface area is 147 Å². The van der Waals surface area contributed by atoms with E-state index in [2.05, 4.69) is 4.98 Å². The molecule has 1 aromatic heterocycles. The number of hydrogen-bond donors (Lipinski definition) is 3. The highest BCUT2D eigenvalue weighted by Crippen LogP contribution is 2.33. The number of hydrogen-bond acceptors (Lipinski definition) is 4. The number of rotatable bonds is 4. The molecule has 3 N–H and O–H groups in total. The molecule has 0 amide bonds. The Hall–Kier alpha value is -2.90. The molecule has 1 unspecified atom stereocenters. The van der Waals surface area contributed by atoms with E-state index < -0.39 is 34.8 Å². The number of nitrogens with zero attached hydrogens (tertiary/aromatic N) is 1. The first-order chi connectivity index (χ1) is 12.3. The molecule has 2 heterocycles.